The van der Waals surface area contributed by atoms with Crippen LogP contribution in [-0.2, 0) is 15.9 Å². The van der Waals surface area contributed by atoms with Gasteiger partial charge in [-0.2, -0.15) is 0 Å². The lowest BCUT2D eigenvalue weighted by Crippen LogP contribution is -2.48. The molecule has 29 heavy (non-hydrogen) atoms. The molecular formula is C23H30O6. The highest BCUT2D eigenvalue weighted by Gasteiger charge is 2.55. The highest BCUT2D eigenvalue weighted by Crippen LogP contribution is 2.55. The van der Waals surface area contributed by atoms with Crippen molar-refractivity contribution in [1.29, 1.82) is 0 Å². The van der Waals surface area contributed by atoms with Gasteiger partial charge in [-0.1, -0.05) is 39.2 Å². The molecule has 1 spiro atoms. The van der Waals surface area contributed by atoms with Crippen LogP contribution in [0, 0.1) is 11.8 Å². The molecule has 1 aromatic rings. The highest BCUT2D eigenvalue weighted by atomic mass is 16.7. The Balaban J connectivity index is 1.76. The lowest BCUT2D eigenvalue weighted by Gasteiger charge is -2.45. The Morgan fingerprint density at radius 1 is 1.41 bits per heavy atom. The summed E-state index contributed by atoms with van der Waals surface area (Å²) in [4.78, 5) is 11.9. The molecule has 1 saturated heterocycles. The average molecular weight is 402 g/mol. The van der Waals surface area contributed by atoms with Crippen LogP contribution in [0.1, 0.15) is 73.5 Å². The van der Waals surface area contributed by atoms with Gasteiger partial charge in [0.1, 0.15) is 17.1 Å². The van der Waals surface area contributed by atoms with E-state index in [0.717, 1.165) is 36.8 Å². The Morgan fingerprint density at radius 2 is 2.21 bits per heavy atom. The topological polar surface area (TPSA) is 85.2 Å². The molecular weight excluding hydrogens is 372 g/mol. The van der Waals surface area contributed by atoms with Crippen molar-refractivity contribution in [3.63, 3.8) is 0 Å². The van der Waals surface area contributed by atoms with Crippen LogP contribution in [0.15, 0.2) is 18.7 Å². The van der Waals surface area contributed by atoms with Crippen LogP contribution in [0.25, 0.3) is 0 Å². The average Bonchev–Trinajstić information content (AvgIpc) is 2.96. The largest absolute Gasteiger partial charge is 0.507 e. The molecule has 6 heteroatoms. The normalized spacial score (nSPS) is 32.6. The number of ether oxygens (including phenoxy) is 3. The number of carboxylic acid groups (broad SMARTS) is 1. The van der Waals surface area contributed by atoms with E-state index in [1.807, 2.05) is 13.0 Å². The zero-order valence-electron chi connectivity index (χ0n) is 17.1. The molecule has 6 nitrogen and oxygen atoms in total. The third kappa shape index (κ3) is 3.32. The maximum atomic E-state index is 11.9. The van der Waals surface area contributed by atoms with Crippen LogP contribution < -0.4 is 4.74 Å². The Kier molecular flexibility index (Phi) is 5.34. The van der Waals surface area contributed by atoms with E-state index in [0.29, 0.717) is 19.4 Å². The van der Waals surface area contributed by atoms with Crippen molar-refractivity contribution in [2.24, 2.45) is 11.8 Å². The lowest BCUT2D eigenvalue weighted by atomic mass is 9.80. The monoisotopic (exact) mass is 402 g/mol. The van der Waals surface area contributed by atoms with Gasteiger partial charge in [0.25, 0.3) is 0 Å². The molecule has 3 aliphatic rings. The third-order valence-corrected chi connectivity index (χ3v) is 6.76. The summed E-state index contributed by atoms with van der Waals surface area (Å²) in [6.45, 7) is 8.58. The molecule has 1 fully saturated rings. The number of phenols is 1. The predicted molar refractivity (Wildman–Crippen MR) is 107 cm³/mol. The fourth-order valence-corrected chi connectivity index (χ4v) is 5.03. The summed E-state index contributed by atoms with van der Waals surface area (Å²) >= 11 is 0. The first-order chi connectivity index (χ1) is 13.9. The van der Waals surface area contributed by atoms with Gasteiger partial charge in [0, 0.05) is 23.8 Å². The summed E-state index contributed by atoms with van der Waals surface area (Å²) in [6, 6.07) is 1.58. The van der Waals surface area contributed by atoms with Crippen LogP contribution in [0.2, 0.25) is 0 Å². The first-order valence-electron chi connectivity index (χ1n) is 10.6. The van der Waals surface area contributed by atoms with E-state index >= 15 is 0 Å². The van der Waals surface area contributed by atoms with Gasteiger partial charge in [0.05, 0.1) is 18.8 Å². The van der Waals surface area contributed by atoms with Crippen LogP contribution in [-0.4, -0.2) is 34.7 Å². The lowest BCUT2D eigenvalue weighted by molar-refractivity contribution is -0.214. The van der Waals surface area contributed by atoms with E-state index < -0.39 is 11.8 Å². The second-order valence-electron chi connectivity index (χ2n) is 8.54. The number of aromatic hydroxyl groups is 1. The molecule has 1 aromatic carbocycles. The van der Waals surface area contributed by atoms with Gasteiger partial charge >= 0.3 is 5.97 Å². The van der Waals surface area contributed by atoms with Crippen molar-refractivity contribution in [3.8, 4) is 11.5 Å². The summed E-state index contributed by atoms with van der Waals surface area (Å²) < 4.78 is 18.9. The smallest absolute Gasteiger partial charge is 0.343 e. The molecule has 0 aliphatic carbocycles. The maximum absolute atomic E-state index is 11.9. The molecule has 0 aromatic heterocycles. The number of aromatic carboxylic acids is 1. The zero-order valence-corrected chi connectivity index (χ0v) is 17.1. The van der Waals surface area contributed by atoms with Crippen LogP contribution in [0.3, 0.4) is 0 Å². The number of hydrogen-bond donors (Lipinski definition) is 2. The predicted octanol–water partition coefficient (Wildman–Crippen LogP) is 4.60. The third-order valence-electron chi connectivity index (χ3n) is 6.76. The van der Waals surface area contributed by atoms with Crippen molar-refractivity contribution >= 4 is 5.97 Å². The summed E-state index contributed by atoms with van der Waals surface area (Å²) in [7, 11) is 0. The molecule has 3 aliphatic heterocycles. The highest BCUT2D eigenvalue weighted by molar-refractivity contribution is 5.95. The Labute approximate surface area is 171 Å². The first-order valence-corrected chi connectivity index (χ1v) is 10.6. The van der Waals surface area contributed by atoms with Crippen molar-refractivity contribution in [1.82, 2.24) is 0 Å². The van der Waals surface area contributed by atoms with Gasteiger partial charge < -0.3 is 24.4 Å². The quantitative estimate of drug-likeness (QED) is 0.534. The second-order valence-corrected chi connectivity index (χ2v) is 8.54. The maximum Gasteiger partial charge on any atom is 0.343 e. The number of carboxylic acids is 1. The first kappa shape index (κ1) is 20.2. The number of carbonyl (C=O) groups is 1. The van der Waals surface area contributed by atoms with E-state index in [9.17, 15) is 15.0 Å². The molecule has 0 bridgehead atoms. The summed E-state index contributed by atoms with van der Waals surface area (Å²) in [5.41, 5.74) is 1.47. The Bertz CT molecular complexity index is 818. The van der Waals surface area contributed by atoms with Gasteiger partial charge in [-0.25, -0.2) is 4.79 Å². The molecule has 3 heterocycles. The summed E-state index contributed by atoms with van der Waals surface area (Å²) in [5.74, 6) is -2.14. The van der Waals surface area contributed by atoms with Gasteiger partial charge in [0.2, 0.25) is 5.79 Å². The second kappa shape index (κ2) is 7.65. The molecule has 0 radical (unpaired) electrons. The molecule has 2 N–H and O–H groups in total. The van der Waals surface area contributed by atoms with Crippen molar-refractivity contribution in [2.45, 2.75) is 70.4 Å². The van der Waals surface area contributed by atoms with Crippen molar-refractivity contribution in [3.05, 3.63) is 35.4 Å². The van der Waals surface area contributed by atoms with E-state index in [1.54, 1.807) is 6.07 Å². The molecule has 0 amide bonds. The Hall–Kier alpha value is -2.05. The number of rotatable bonds is 6. The summed E-state index contributed by atoms with van der Waals surface area (Å²) in [5, 5.41) is 20.2. The molecule has 4 rings (SSSR count). The van der Waals surface area contributed by atoms with Gasteiger partial charge in [-0.05, 0) is 24.5 Å². The van der Waals surface area contributed by atoms with Crippen LogP contribution in [0.4, 0.5) is 0 Å². The summed E-state index contributed by atoms with van der Waals surface area (Å²) in [6.07, 6.45) is 7.08. The molecule has 0 unspecified atom stereocenters. The number of benzene rings is 1. The molecule has 5 atom stereocenters. The van der Waals surface area contributed by atoms with Gasteiger partial charge in [0.15, 0.2) is 0 Å². The molecule has 0 saturated carbocycles. The number of hydrogen-bond acceptors (Lipinski definition) is 5. The standard InChI is InChI=1S/C23H30O6/c1-4-6-7-8-16-9-15-10-17(24)20(22(25)26)21-19(15)18(28-16)11-23(29-21)13(3)14(5-2)12-27-23/h5,10,13-14,16,18,24H,2,4,6-9,11-12H2,1,3H3,(H,25,26)/t13-,14+,16+,18-,23+/m1/s1. The fraction of sp³-hybridized carbons (Fsp3) is 0.609. The van der Waals surface area contributed by atoms with Crippen molar-refractivity contribution < 1.29 is 29.2 Å². The van der Waals surface area contributed by atoms with E-state index in [-0.39, 0.29) is 41.1 Å². The van der Waals surface area contributed by atoms with Crippen LogP contribution >= 0.6 is 0 Å². The number of unbranched alkanes of at least 4 members (excludes halogenated alkanes) is 2. The van der Waals surface area contributed by atoms with Gasteiger partial charge in [-0.3, -0.25) is 0 Å². The van der Waals surface area contributed by atoms with E-state index in [2.05, 4.69) is 13.5 Å². The minimum Gasteiger partial charge on any atom is -0.507 e. The SMILES string of the molecule is C=C[C@H]1CO[C@]2(C[C@H]3O[C@@H](CCCCC)Cc4cc(O)c(C(=O)O)c(c43)O2)[C@@H]1C. The van der Waals surface area contributed by atoms with E-state index in [4.69, 9.17) is 14.2 Å². The minimum atomic E-state index is -1.22. The van der Waals surface area contributed by atoms with E-state index in [1.165, 1.54) is 0 Å². The van der Waals surface area contributed by atoms with Crippen molar-refractivity contribution in [2.75, 3.05) is 6.61 Å². The molecule has 158 valence electrons. The van der Waals surface area contributed by atoms with Crippen LogP contribution in [0.5, 0.6) is 11.5 Å². The zero-order chi connectivity index (χ0) is 20.8. The Morgan fingerprint density at radius 3 is 2.86 bits per heavy atom. The van der Waals surface area contributed by atoms with Gasteiger partial charge in [-0.15, -0.1) is 6.58 Å². The minimum absolute atomic E-state index is 0.00957. The fourth-order valence-electron chi connectivity index (χ4n) is 5.03.